The summed E-state index contributed by atoms with van der Waals surface area (Å²) in [6, 6.07) is 7.97. The molecular weight excluding hydrogens is 334 g/mol. The Morgan fingerprint density at radius 3 is 2.38 bits per heavy atom. The van der Waals surface area contributed by atoms with Gasteiger partial charge in [-0.05, 0) is 32.4 Å². The van der Waals surface area contributed by atoms with Gasteiger partial charge in [0.05, 0.1) is 17.6 Å². The summed E-state index contributed by atoms with van der Waals surface area (Å²) in [5.74, 6) is -1.32. The van der Waals surface area contributed by atoms with Crippen molar-refractivity contribution in [3.63, 3.8) is 0 Å². The van der Waals surface area contributed by atoms with Gasteiger partial charge >= 0.3 is 11.9 Å². The molecule has 0 aliphatic carbocycles. The molecule has 0 aliphatic rings. The van der Waals surface area contributed by atoms with Gasteiger partial charge in [0.1, 0.15) is 0 Å². The Kier molecular flexibility index (Phi) is 8.14. The molecule has 132 valence electrons. The molecule has 1 aromatic rings. The second kappa shape index (κ2) is 9.84. The summed E-state index contributed by atoms with van der Waals surface area (Å²) in [5, 5.41) is 0. The van der Waals surface area contributed by atoms with Gasteiger partial charge < -0.3 is 9.47 Å². The van der Waals surface area contributed by atoms with Crippen molar-refractivity contribution in [3.8, 4) is 0 Å². The molecule has 8 heteroatoms. The minimum Gasteiger partial charge on any atom is -0.462 e. The second-order valence-electron chi connectivity index (χ2n) is 5.05. The topological polar surface area (TPSA) is 98.8 Å². The number of rotatable bonds is 9. The lowest BCUT2D eigenvalue weighted by atomic mass is 10.4. The molecule has 1 rings (SSSR count). The van der Waals surface area contributed by atoms with E-state index in [1.807, 2.05) is 0 Å². The highest BCUT2D eigenvalue weighted by Gasteiger charge is 2.12. The molecule has 0 saturated heterocycles. The number of benzene rings is 1. The largest absolute Gasteiger partial charge is 0.462 e. The van der Waals surface area contributed by atoms with Crippen LogP contribution < -0.4 is 4.72 Å². The van der Waals surface area contributed by atoms with Gasteiger partial charge in [-0.15, -0.1) is 0 Å². The van der Waals surface area contributed by atoms with Crippen molar-refractivity contribution in [2.45, 2.75) is 31.3 Å². The number of hydrogen-bond acceptors (Lipinski definition) is 6. The van der Waals surface area contributed by atoms with Crippen molar-refractivity contribution < 1.29 is 27.5 Å². The van der Waals surface area contributed by atoms with Crippen molar-refractivity contribution >= 4 is 22.0 Å². The molecule has 24 heavy (non-hydrogen) atoms. The van der Waals surface area contributed by atoms with Gasteiger partial charge in [-0.2, -0.15) is 0 Å². The van der Waals surface area contributed by atoms with Crippen LogP contribution in [0.1, 0.15) is 20.3 Å². The maximum Gasteiger partial charge on any atom is 0.331 e. The van der Waals surface area contributed by atoms with Crippen LogP contribution in [0, 0.1) is 0 Å². The van der Waals surface area contributed by atoms with Crippen molar-refractivity contribution in [3.05, 3.63) is 42.5 Å². The summed E-state index contributed by atoms with van der Waals surface area (Å²) in [4.78, 5) is 22.7. The number of esters is 2. The van der Waals surface area contributed by atoms with Gasteiger partial charge in [-0.1, -0.05) is 18.2 Å². The Morgan fingerprint density at radius 2 is 1.75 bits per heavy atom. The van der Waals surface area contributed by atoms with E-state index in [0.717, 1.165) is 12.2 Å². The molecule has 0 spiro atoms. The molecule has 0 unspecified atom stereocenters. The van der Waals surface area contributed by atoms with E-state index in [4.69, 9.17) is 9.47 Å². The first-order chi connectivity index (χ1) is 11.3. The van der Waals surface area contributed by atoms with Crippen LogP contribution in [-0.4, -0.2) is 39.6 Å². The Labute approximate surface area is 141 Å². The fraction of sp³-hybridized carbons (Fsp3) is 0.375. The standard InChI is InChI=1S/C16H21NO6S/c1-13(2)23-16(19)10-9-15(18)22-12-6-11-17-24(20,21)14-7-4-3-5-8-14/h3-5,7-10,13,17H,6,11-12H2,1-2H3/b10-9+. The fourth-order valence-electron chi connectivity index (χ4n) is 1.59. The number of carbonyl (C=O) groups is 2. The van der Waals surface area contributed by atoms with Crippen LogP contribution in [0.2, 0.25) is 0 Å². The summed E-state index contributed by atoms with van der Waals surface area (Å²) < 4.78 is 35.9. The highest BCUT2D eigenvalue weighted by molar-refractivity contribution is 7.89. The lowest BCUT2D eigenvalue weighted by molar-refractivity contribution is -0.142. The van der Waals surface area contributed by atoms with Gasteiger partial charge in [0.2, 0.25) is 10.0 Å². The first-order valence-corrected chi connectivity index (χ1v) is 8.90. The Hall–Kier alpha value is -2.19. The Bertz CT molecular complexity index is 667. The molecule has 0 saturated carbocycles. The molecule has 0 heterocycles. The van der Waals surface area contributed by atoms with Crippen molar-refractivity contribution in [2.24, 2.45) is 0 Å². The van der Waals surface area contributed by atoms with Gasteiger partial charge in [-0.25, -0.2) is 22.7 Å². The summed E-state index contributed by atoms with van der Waals surface area (Å²) >= 11 is 0. The Balaban J connectivity index is 2.25. The highest BCUT2D eigenvalue weighted by Crippen LogP contribution is 2.06. The third-order valence-corrected chi connectivity index (χ3v) is 4.10. The number of sulfonamides is 1. The first-order valence-electron chi connectivity index (χ1n) is 7.41. The lowest BCUT2D eigenvalue weighted by Gasteiger charge is -2.06. The predicted molar refractivity (Wildman–Crippen MR) is 87.6 cm³/mol. The summed E-state index contributed by atoms with van der Waals surface area (Å²) in [5.41, 5.74) is 0. The van der Waals surface area contributed by atoms with Crippen LogP contribution >= 0.6 is 0 Å². The average molecular weight is 355 g/mol. The summed E-state index contributed by atoms with van der Waals surface area (Å²) in [7, 11) is -3.56. The maximum absolute atomic E-state index is 11.9. The minimum absolute atomic E-state index is 0.0275. The molecule has 0 aromatic heterocycles. The average Bonchev–Trinajstić information content (AvgIpc) is 2.53. The number of ether oxygens (including phenoxy) is 2. The lowest BCUT2D eigenvalue weighted by Crippen LogP contribution is -2.25. The molecule has 0 bridgehead atoms. The van der Waals surface area contributed by atoms with E-state index in [1.165, 1.54) is 12.1 Å². The quantitative estimate of drug-likeness (QED) is 0.408. The maximum atomic E-state index is 11.9. The van der Waals surface area contributed by atoms with Crippen LogP contribution in [0.5, 0.6) is 0 Å². The molecule has 1 N–H and O–H groups in total. The molecule has 0 aliphatic heterocycles. The van der Waals surface area contributed by atoms with E-state index >= 15 is 0 Å². The first kappa shape index (κ1) is 19.9. The highest BCUT2D eigenvalue weighted by atomic mass is 32.2. The molecule has 0 radical (unpaired) electrons. The summed E-state index contributed by atoms with van der Waals surface area (Å²) in [6.45, 7) is 3.55. The monoisotopic (exact) mass is 355 g/mol. The molecule has 1 aromatic carbocycles. The second-order valence-corrected chi connectivity index (χ2v) is 6.82. The minimum atomic E-state index is -3.56. The molecule has 0 fully saturated rings. The molecule has 7 nitrogen and oxygen atoms in total. The van der Waals surface area contributed by atoms with Crippen LogP contribution in [0.3, 0.4) is 0 Å². The zero-order valence-electron chi connectivity index (χ0n) is 13.6. The SMILES string of the molecule is CC(C)OC(=O)/C=C/C(=O)OCCCNS(=O)(=O)c1ccccc1. The number of carbonyl (C=O) groups excluding carboxylic acids is 2. The third-order valence-electron chi connectivity index (χ3n) is 2.62. The third kappa shape index (κ3) is 7.89. The number of nitrogens with one attached hydrogen (secondary N) is 1. The van der Waals surface area contributed by atoms with Gasteiger partial charge in [0, 0.05) is 18.7 Å². The van der Waals surface area contributed by atoms with Crippen LogP contribution in [0.25, 0.3) is 0 Å². The molecular formula is C16H21NO6S. The van der Waals surface area contributed by atoms with E-state index in [9.17, 15) is 18.0 Å². The van der Waals surface area contributed by atoms with E-state index in [1.54, 1.807) is 32.0 Å². The van der Waals surface area contributed by atoms with E-state index in [2.05, 4.69) is 4.72 Å². The smallest absolute Gasteiger partial charge is 0.331 e. The van der Waals surface area contributed by atoms with E-state index < -0.39 is 22.0 Å². The molecule has 0 amide bonds. The Morgan fingerprint density at radius 1 is 1.12 bits per heavy atom. The number of hydrogen-bond donors (Lipinski definition) is 1. The van der Waals surface area contributed by atoms with Crippen LogP contribution in [-0.2, 0) is 29.1 Å². The van der Waals surface area contributed by atoms with Crippen molar-refractivity contribution in [1.82, 2.24) is 4.72 Å². The van der Waals surface area contributed by atoms with E-state index in [-0.39, 0.29) is 24.2 Å². The van der Waals surface area contributed by atoms with Crippen LogP contribution in [0.4, 0.5) is 0 Å². The predicted octanol–water partition coefficient (Wildman–Crippen LogP) is 1.41. The van der Waals surface area contributed by atoms with Crippen molar-refractivity contribution in [1.29, 1.82) is 0 Å². The zero-order chi connectivity index (χ0) is 18.0. The van der Waals surface area contributed by atoms with Gasteiger partial charge in [-0.3, -0.25) is 0 Å². The van der Waals surface area contributed by atoms with Gasteiger partial charge in [0.15, 0.2) is 0 Å². The van der Waals surface area contributed by atoms with E-state index in [0.29, 0.717) is 6.42 Å². The molecule has 0 atom stereocenters. The van der Waals surface area contributed by atoms with Crippen molar-refractivity contribution in [2.75, 3.05) is 13.2 Å². The zero-order valence-corrected chi connectivity index (χ0v) is 14.4. The summed E-state index contributed by atoms with van der Waals surface area (Å²) in [6.07, 6.45) is 2.00. The fourth-order valence-corrected chi connectivity index (χ4v) is 2.69. The van der Waals surface area contributed by atoms with Gasteiger partial charge in [0.25, 0.3) is 0 Å². The van der Waals surface area contributed by atoms with Crippen LogP contribution in [0.15, 0.2) is 47.4 Å². The normalized spacial score (nSPS) is 11.6.